The monoisotopic (exact) mass is 164 g/mol. The molecule has 11 heavy (non-hydrogen) atoms. The van der Waals surface area contributed by atoms with Crippen molar-refractivity contribution in [3.8, 4) is 0 Å². The fourth-order valence-corrected chi connectivity index (χ4v) is 0.693. The predicted molar refractivity (Wildman–Crippen MR) is 39.9 cm³/mol. The van der Waals surface area contributed by atoms with Gasteiger partial charge in [-0.3, -0.25) is 0 Å². The van der Waals surface area contributed by atoms with Crippen molar-refractivity contribution >= 4 is 0 Å². The molecule has 4 nitrogen and oxygen atoms in total. The van der Waals surface area contributed by atoms with Crippen molar-refractivity contribution in [2.24, 2.45) is 0 Å². The maximum Gasteiger partial charge on any atom is 0.159 e. The van der Waals surface area contributed by atoms with Crippen LogP contribution in [0.3, 0.4) is 0 Å². The minimum absolute atomic E-state index is 0.0989. The second-order valence-corrected chi connectivity index (χ2v) is 2.06. The highest BCUT2D eigenvalue weighted by molar-refractivity contribution is 4.44. The average molecular weight is 164 g/mol. The van der Waals surface area contributed by atoms with Gasteiger partial charge in [0.25, 0.3) is 0 Å². The van der Waals surface area contributed by atoms with Crippen LogP contribution >= 0.6 is 0 Å². The normalized spacial score (nSPS) is 16.4. The fraction of sp³-hybridized carbons (Fsp3) is 1.00. The summed E-state index contributed by atoms with van der Waals surface area (Å²) in [6.07, 6.45) is -1.76. The molecule has 0 saturated carbocycles. The summed E-state index contributed by atoms with van der Waals surface area (Å²) in [5.41, 5.74) is 0. The van der Waals surface area contributed by atoms with Crippen LogP contribution in [0.4, 0.5) is 0 Å². The maximum absolute atomic E-state index is 8.98. The van der Waals surface area contributed by atoms with Gasteiger partial charge in [-0.1, -0.05) is 0 Å². The van der Waals surface area contributed by atoms with Gasteiger partial charge in [0.1, 0.15) is 0 Å². The molecule has 68 valence electrons. The molecule has 4 heteroatoms. The molecule has 0 aliphatic rings. The topological polar surface area (TPSA) is 58.9 Å². The fourth-order valence-electron chi connectivity index (χ4n) is 0.693. The van der Waals surface area contributed by atoms with Crippen LogP contribution in [-0.4, -0.2) is 36.0 Å². The Kier molecular flexibility index (Phi) is 6.45. The molecule has 0 radical (unpaired) electrons. The van der Waals surface area contributed by atoms with Gasteiger partial charge < -0.3 is 19.7 Å². The minimum atomic E-state index is -0.929. The Balaban J connectivity index is 3.32. The third kappa shape index (κ3) is 6.25. The summed E-state index contributed by atoms with van der Waals surface area (Å²) in [6.45, 7) is 4.41. The van der Waals surface area contributed by atoms with Crippen molar-refractivity contribution in [2.45, 2.75) is 32.8 Å². The molecule has 2 atom stereocenters. The molecule has 0 heterocycles. The molecule has 0 fully saturated rings. The van der Waals surface area contributed by atoms with E-state index < -0.39 is 12.6 Å². The summed E-state index contributed by atoms with van der Waals surface area (Å²) in [4.78, 5) is 0. The SMILES string of the molecule is CCOC(O)CC(O)OCC. The molecule has 0 spiro atoms. The van der Waals surface area contributed by atoms with Gasteiger partial charge in [-0.2, -0.15) is 0 Å². The largest absolute Gasteiger partial charge is 0.368 e. The Labute approximate surface area is 66.7 Å². The van der Waals surface area contributed by atoms with Crippen LogP contribution in [0.5, 0.6) is 0 Å². The van der Waals surface area contributed by atoms with Crippen LogP contribution in [-0.2, 0) is 9.47 Å². The highest BCUT2D eigenvalue weighted by Crippen LogP contribution is 2.00. The average Bonchev–Trinajstić information content (AvgIpc) is 1.87. The van der Waals surface area contributed by atoms with E-state index in [1.165, 1.54) is 0 Å². The molecular formula is C7H16O4. The van der Waals surface area contributed by atoms with Crippen LogP contribution < -0.4 is 0 Å². The number of hydrogen-bond acceptors (Lipinski definition) is 4. The van der Waals surface area contributed by atoms with Gasteiger partial charge in [-0.15, -0.1) is 0 Å². The lowest BCUT2D eigenvalue weighted by Crippen LogP contribution is -2.22. The zero-order chi connectivity index (χ0) is 8.69. The summed E-state index contributed by atoms with van der Waals surface area (Å²) in [5, 5.41) is 18.0. The van der Waals surface area contributed by atoms with E-state index in [-0.39, 0.29) is 6.42 Å². The Morgan fingerprint density at radius 2 is 1.36 bits per heavy atom. The van der Waals surface area contributed by atoms with E-state index in [0.717, 1.165) is 0 Å². The van der Waals surface area contributed by atoms with Gasteiger partial charge in [0, 0.05) is 19.6 Å². The third-order valence-electron chi connectivity index (χ3n) is 1.12. The standard InChI is InChI=1S/C7H16O4/c1-3-10-6(8)5-7(9)11-4-2/h6-9H,3-5H2,1-2H3. The quantitative estimate of drug-likeness (QED) is 0.546. The van der Waals surface area contributed by atoms with Gasteiger partial charge >= 0.3 is 0 Å². The van der Waals surface area contributed by atoms with E-state index in [0.29, 0.717) is 13.2 Å². The van der Waals surface area contributed by atoms with Crippen molar-refractivity contribution in [3.05, 3.63) is 0 Å². The van der Waals surface area contributed by atoms with E-state index in [4.69, 9.17) is 19.7 Å². The number of rotatable bonds is 6. The minimum Gasteiger partial charge on any atom is -0.368 e. The van der Waals surface area contributed by atoms with Crippen LogP contribution in [0.25, 0.3) is 0 Å². The van der Waals surface area contributed by atoms with Crippen molar-refractivity contribution in [3.63, 3.8) is 0 Å². The molecule has 0 aromatic heterocycles. The predicted octanol–water partition coefficient (Wildman–Crippen LogP) is 0.0863. The van der Waals surface area contributed by atoms with E-state index in [1.807, 2.05) is 0 Å². The summed E-state index contributed by atoms with van der Waals surface area (Å²) in [7, 11) is 0. The molecule has 2 N–H and O–H groups in total. The molecule has 2 unspecified atom stereocenters. The van der Waals surface area contributed by atoms with Crippen molar-refractivity contribution in [2.75, 3.05) is 13.2 Å². The zero-order valence-electron chi connectivity index (χ0n) is 6.99. The lowest BCUT2D eigenvalue weighted by molar-refractivity contribution is -0.172. The van der Waals surface area contributed by atoms with Crippen LogP contribution in [0.2, 0.25) is 0 Å². The first-order chi connectivity index (χ1) is 5.20. The Hall–Kier alpha value is -0.160. The maximum atomic E-state index is 8.98. The molecule has 0 rings (SSSR count). The van der Waals surface area contributed by atoms with Crippen molar-refractivity contribution in [1.82, 2.24) is 0 Å². The lowest BCUT2D eigenvalue weighted by Gasteiger charge is -2.14. The van der Waals surface area contributed by atoms with Gasteiger partial charge in [0.15, 0.2) is 12.6 Å². The number of ether oxygens (including phenoxy) is 2. The molecule has 0 aliphatic heterocycles. The molecule has 0 amide bonds. The van der Waals surface area contributed by atoms with Crippen molar-refractivity contribution < 1.29 is 19.7 Å². The van der Waals surface area contributed by atoms with E-state index in [9.17, 15) is 0 Å². The molecule has 0 bridgehead atoms. The first-order valence-corrected chi connectivity index (χ1v) is 3.80. The van der Waals surface area contributed by atoms with Crippen LogP contribution in [0, 0.1) is 0 Å². The summed E-state index contributed by atoms with van der Waals surface area (Å²) >= 11 is 0. The van der Waals surface area contributed by atoms with E-state index in [1.54, 1.807) is 13.8 Å². The Bertz CT molecular complexity index is 76.5. The highest BCUT2D eigenvalue weighted by Gasteiger charge is 2.10. The molecule has 0 saturated heterocycles. The molecule has 0 aromatic rings. The smallest absolute Gasteiger partial charge is 0.159 e. The van der Waals surface area contributed by atoms with E-state index in [2.05, 4.69) is 0 Å². The van der Waals surface area contributed by atoms with E-state index >= 15 is 0 Å². The second-order valence-electron chi connectivity index (χ2n) is 2.06. The zero-order valence-corrected chi connectivity index (χ0v) is 6.99. The summed E-state index contributed by atoms with van der Waals surface area (Å²) in [5.74, 6) is 0. The summed E-state index contributed by atoms with van der Waals surface area (Å²) in [6, 6.07) is 0. The number of aliphatic hydroxyl groups excluding tert-OH is 2. The lowest BCUT2D eigenvalue weighted by atomic mass is 10.4. The Morgan fingerprint density at radius 1 is 1.00 bits per heavy atom. The second kappa shape index (κ2) is 6.54. The van der Waals surface area contributed by atoms with Crippen molar-refractivity contribution in [1.29, 1.82) is 0 Å². The summed E-state index contributed by atoms with van der Waals surface area (Å²) < 4.78 is 9.55. The molecule has 0 aromatic carbocycles. The first kappa shape index (κ1) is 10.8. The van der Waals surface area contributed by atoms with Gasteiger partial charge in [-0.25, -0.2) is 0 Å². The number of aliphatic hydroxyl groups is 2. The van der Waals surface area contributed by atoms with Gasteiger partial charge in [-0.05, 0) is 13.8 Å². The van der Waals surface area contributed by atoms with Gasteiger partial charge in [0.2, 0.25) is 0 Å². The van der Waals surface area contributed by atoms with Crippen LogP contribution in [0.1, 0.15) is 20.3 Å². The Morgan fingerprint density at radius 3 is 1.64 bits per heavy atom. The highest BCUT2D eigenvalue weighted by atomic mass is 16.6. The third-order valence-corrected chi connectivity index (χ3v) is 1.12. The molecule has 0 aliphatic carbocycles. The first-order valence-electron chi connectivity index (χ1n) is 3.80. The van der Waals surface area contributed by atoms with Crippen LogP contribution in [0.15, 0.2) is 0 Å². The van der Waals surface area contributed by atoms with Gasteiger partial charge in [0.05, 0.1) is 0 Å². The molecular weight excluding hydrogens is 148 g/mol. The number of hydrogen-bond donors (Lipinski definition) is 2.